The van der Waals surface area contributed by atoms with E-state index in [-0.39, 0.29) is 5.91 Å². The lowest BCUT2D eigenvalue weighted by Gasteiger charge is -2.06. The standard InChI is InChI=1S/C20H20ClN3OS2/c21-14-7-2-1-6-13(14)20-23-12-17(27-20)19(25)22-11-5-10-18-24-15-8-3-4-9-16(15)26-18/h1-2,6-7,12H,3-5,8-11H2,(H,22,25). The van der Waals surface area contributed by atoms with Gasteiger partial charge in [0, 0.05) is 23.4 Å². The average molecular weight is 418 g/mol. The quantitative estimate of drug-likeness (QED) is 0.563. The Bertz CT molecular complexity index is 927. The van der Waals surface area contributed by atoms with Crippen LogP contribution in [0.5, 0.6) is 0 Å². The minimum absolute atomic E-state index is 0.0794. The van der Waals surface area contributed by atoms with Crippen LogP contribution >= 0.6 is 34.3 Å². The molecule has 1 aromatic carbocycles. The molecule has 0 aliphatic heterocycles. The normalized spacial score (nSPS) is 13.4. The Balaban J connectivity index is 1.28. The summed E-state index contributed by atoms with van der Waals surface area (Å²) in [6.07, 6.45) is 8.30. The molecule has 0 fully saturated rings. The number of thiazole rings is 2. The van der Waals surface area contributed by atoms with Crippen molar-refractivity contribution in [3.63, 3.8) is 0 Å². The first-order chi connectivity index (χ1) is 13.2. The van der Waals surface area contributed by atoms with Gasteiger partial charge in [0.2, 0.25) is 0 Å². The Kier molecular flexibility index (Phi) is 5.86. The Morgan fingerprint density at radius 1 is 1.19 bits per heavy atom. The summed E-state index contributed by atoms with van der Waals surface area (Å²) in [6, 6.07) is 7.54. The summed E-state index contributed by atoms with van der Waals surface area (Å²) >= 11 is 9.42. The number of amides is 1. The summed E-state index contributed by atoms with van der Waals surface area (Å²) in [5.41, 5.74) is 2.16. The summed E-state index contributed by atoms with van der Waals surface area (Å²) < 4.78 is 0. The fourth-order valence-corrected chi connectivity index (χ4v) is 5.53. The van der Waals surface area contributed by atoms with Gasteiger partial charge in [-0.1, -0.05) is 29.8 Å². The van der Waals surface area contributed by atoms with Gasteiger partial charge in [-0.2, -0.15) is 0 Å². The van der Waals surface area contributed by atoms with Crippen molar-refractivity contribution in [1.29, 1.82) is 0 Å². The maximum absolute atomic E-state index is 12.4. The van der Waals surface area contributed by atoms with Crippen LogP contribution in [0.25, 0.3) is 10.6 Å². The van der Waals surface area contributed by atoms with Crippen LogP contribution in [-0.4, -0.2) is 22.4 Å². The predicted molar refractivity (Wildman–Crippen MR) is 112 cm³/mol. The van der Waals surface area contributed by atoms with E-state index in [2.05, 4.69) is 10.3 Å². The Morgan fingerprint density at radius 2 is 2.04 bits per heavy atom. The Morgan fingerprint density at radius 3 is 2.89 bits per heavy atom. The first-order valence-corrected chi connectivity index (χ1v) is 11.2. The molecule has 4 rings (SSSR count). The van der Waals surface area contributed by atoms with Crippen LogP contribution in [0.1, 0.15) is 44.5 Å². The minimum Gasteiger partial charge on any atom is -0.351 e. The van der Waals surface area contributed by atoms with Gasteiger partial charge in [0.1, 0.15) is 9.88 Å². The van der Waals surface area contributed by atoms with Gasteiger partial charge in [0.05, 0.1) is 21.9 Å². The predicted octanol–water partition coefficient (Wildman–Crippen LogP) is 5.16. The van der Waals surface area contributed by atoms with Crippen LogP contribution in [0.2, 0.25) is 5.02 Å². The van der Waals surface area contributed by atoms with Crippen LogP contribution in [0.4, 0.5) is 0 Å². The van der Waals surface area contributed by atoms with Crippen LogP contribution in [0.3, 0.4) is 0 Å². The molecule has 7 heteroatoms. The topological polar surface area (TPSA) is 54.9 Å². The van der Waals surface area contributed by atoms with Crippen molar-refractivity contribution in [2.24, 2.45) is 0 Å². The molecule has 27 heavy (non-hydrogen) atoms. The first kappa shape index (κ1) is 18.6. The number of fused-ring (bicyclic) bond motifs is 1. The summed E-state index contributed by atoms with van der Waals surface area (Å²) in [5.74, 6) is -0.0794. The van der Waals surface area contributed by atoms with Crippen molar-refractivity contribution >= 4 is 40.2 Å². The van der Waals surface area contributed by atoms with E-state index in [0.29, 0.717) is 16.4 Å². The van der Waals surface area contributed by atoms with Gasteiger partial charge in [-0.25, -0.2) is 9.97 Å². The second-order valence-corrected chi connectivity index (χ2v) is 9.16. The molecule has 0 unspecified atom stereocenters. The van der Waals surface area contributed by atoms with E-state index in [1.165, 1.54) is 46.2 Å². The van der Waals surface area contributed by atoms with E-state index in [4.69, 9.17) is 16.6 Å². The monoisotopic (exact) mass is 417 g/mol. The summed E-state index contributed by atoms with van der Waals surface area (Å²) in [4.78, 5) is 23.5. The van der Waals surface area contributed by atoms with Crippen molar-refractivity contribution in [3.05, 3.63) is 55.9 Å². The number of carbonyl (C=O) groups excluding carboxylic acids is 1. The van der Waals surface area contributed by atoms with E-state index in [1.54, 1.807) is 6.20 Å². The van der Waals surface area contributed by atoms with Gasteiger partial charge in [-0.05, 0) is 38.2 Å². The number of aromatic nitrogens is 2. The highest BCUT2D eigenvalue weighted by Gasteiger charge is 2.15. The van der Waals surface area contributed by atoms with Crippen LogP contribution in [-0.2, 0) is 19.3 Å². The molecule has 0 atom stereocenters. The molecule has 0 spiro atoms. The number of nitrogens with zero attached hydrogens (tertiary/aromatic N) is 2. The molecule has 4 nitrogen and oxygen atoms in total. The molecular formula is C20H20ClN3OS2. The highest BCUT2D eigenvalue weighted by atomic mass is 35.5. The zero-order valence-corrected chi connectivity index (χ0v) is 17.2. The Labute approximate surface area is 171 Å². The molecule has 1 amide bonds. The lowest BCUT2D eigenvalue weighted by Crippen LogP contribution is -2.23. The number of hydrogen-bond acceptors (Lipinski definition) is 5. The van der Waals surface area contributed by atoms with Crippen LogP contribution in [0.15, 0.2) is 30.5 Å². The third-order valence-corrected chi connectivity index (χ3v) is 7.15. The molecule has 0 saturated carbocycles. The van der Waals surface area contributed by atoms with E-state index < -0.39 is 0 Å². The van der Waals surface area contributed by atoms with Crippen molar-refractivity contribution in [3.8, 4) is 10.6 Å². The molecule has 0 radical (unpaired) electrons. The summed E-state index contributed by atoms with van der Waals surface area (Å²) in [7, 11) is 0. The molecular weight excluding hydrogens is 398 g/mol. The number of rotatable bonds is 6. The van der Waals surface area contributed by atoms with Gasteiger partial charge in [0.25, 0.3) is 5.91 Å². The van der Waals surface area contributed by atoms with Crippen LogP contribution < -0.4 is 5.32 Å². The fourth-order valence-electron chi connectivity index (χ4n) is 3.18. The highest BCUT2D eigenvalue weighted by Crippen LogP contribution is 2.31. The van der Waals surface area contributed by atoms with Crippen molar-refractivity contribution in [2.75, 3.05) is 6.54 Å². The first-order valence-electron chi connectivity index (χ1n) is 9.17. The summed E-state index contributed by atoms with van der Waals surface area (Å²) in [5, 5.41) is 5.60. The van der Waals surface area contributed by atoms with Gasteiger partial charge < -0.3 is 5.32 Å². The largest absolute Gasteiger partial charge is 0.351 e. The number of nitrogens with one attached hydrogen (secondary N) is 1. The van der Waals surface area contributed by atoms with E-state index in [9.17, 15) is 4.79 Å². The van der Waals surface area contributed by atoms with E-state index >= 15 is 0 Å². The minimum atomic E-state index is -0.0794. The third-order valence-electron chi connectivity index (χ3n) is 4.58. The lowest BCUT2D eigenvalue weighted by molar-refractivity contribution is 0.0957. The molecule has 1 aliphatic carbocycles. The SMILES string of the molecule is O=C(NCCCc1nc2c(s1)CCCC2)c1cnc(-c2ccccc2Cl)s1. The van der Waals surface area contributed by atoms with Gasteiger partial charge >= 0.3 is 0 Å². The molecule has 1 N–H and O–H groups in total. The van der Waals surface area contributed by atoms with Crippen molar-refractivity contribution in [1.82, 2.24) is 15.3 Å². The number of aryl methyl sites for hydroxylation is 3. The van der Waals surface area contributed by atoms with Gasteiger partial charge in [-0.15, -0.1) is 22.7 Å². The summed E-state index contributed by atoms with van der Waals surface area (Å²) in [6.45, 7) is 0.641. The second kappa shape index (κ2) is 8.50. The maximum atomic E-state index is 12.4. The molecule has 140 valence electrons. The molecule has 0 bridgehead atoms. The zero-order valence-electron chi connectivity index (χ0n) is 14.8. The Hall–Kier alpha value is -1.76. The zero-order chi connectivity index (χ0) is 18.6. The lowest BCUT2D eigenvalue weighted by atomic mass is 10.0. The number of benzene rings is 1. The average Bonchev–Trinajstić information content (AvgIpc) is 3.32. The smallest absolute Gasteiger partial charge is 0.263 e. The molecule has 2 aromatic heterocycles. The maximum Gasteiger partial charge on any atom is 0.263 e. The van der Waals surface area contributed by atoms with E-state index in [1.807, 2.05) is 35.6 Å². The van der Waals surface area contributed by atoms with Gasteiger partial charge in [-0.3, -0.25) is 4.79 Å². The molecule has 1 aliphatic rings. The highest BCUT2D eigenvalue weighted by molar-refractivity contribution is 7.17. The fraction of sp³-hybridized carbons (Fsp3) is 0.350. The molecule has 3 aromatic rings. The second-order valence-electron chi connectivity index (χ2n) is 6.55. The number of carbonyl (C=O) groups is 1. The van der Waals surface area contributed by atoms with Crippen LogP contribution in [0, 0.1) is 0 Å². The third kappa shape index (κ3) is 4.39. The van der Waals surface area contributed by atoms with Crippen molar-refractivity contribution in [2.45, 2.75) is 38.5 Å². The van der Waals surface area contributed by atoms with E-state index in [0.717, 1.165) is 29.8 Å². The van der Waals surface area contributed by atoms with Gasteiger partial charge in [0.15, 0.2) is 0 Å². The van der Waals surface area contributed by atoms with Crippen molar-refractivity contribution < 1.29 is 4.79 Å². The number of halogens is 1. The number of hydrogen-bond donors (Lipinski definition) is 1. The molecule has 2 heterocycles. The molecule has 0 saturated heterocycles.